The standard InChI is InChI=1S/C23H26Cl2N2O4/c24-19-9-4-10-20(22(19)25)31-15-18(28)13-26-23(30)17-8-5-11-27(14-17)21(29)12-16-6-2-1-3-7-16/h1-4,6-7,9-10,17-18,28H,5,8,11-15H2,(H,26,30). The minimum absolute atomic E-state index is 0.0236. The molecule has 31 heavy (non-hydrogen) atoms. The fraction of sp³-hybridized carbons (Fsp3) is 0.391. The molecule has 2 atom stereocenters. The molecule has 1 aliphatic rings. The summed E-state index contributed by atoms with van der Waals surface area (Å²) in [6.07, 6.45) is 0.916. The van der Waals surface area contributed by atoms with Crippen LogP contribution in [0.25, 0.3) is 0 Å². The van der Waals surface area contributed by atoms with Crippen LogP contribution < -0.4 is 10.1 Å². The molecule has 1 fully saturated rings. The van der Waals surface area contributed by atoms with E-state index in [9.17, 15) is 14.7 Å². The van der Waals surface area contributed by atoms with Gasteiger partial charge in [-0.15, -0.1) is 0 Å². The summed E-state index contributed by atoms with van der Waals surface area (Å²) in [5.41, 5.74) is 0.960. The van der Waals surface area contributed by atoms with E-state index in [-0.39, 0.29) is 35.9 Å². The van der Waals surface area contributed by atoms with Gasteiger partial charge in [0.15, 0.2) is 0 Å². The Hall–Kier alpha value is -2.28. The van der Waals surface area contributed by atoms with Crippen LogP contribution in [0, 0.1) is 5.92 Å². The Kier molecular flexibility index (Phi) is 8.58. The fourth-order valence-corrected chi connectivity index (χ4v) is 3.85. The molecule has 0 bridgehead atoms. The number of aliphatic hydroxyl groups excluding tert-OH is 1. The fourth-order valence-electron chi connectivity index (χ4n) is 3.50. The molecule has 0 aliphatic carbocycles. The van der Waals surface area contributed by atoms with Gasteiger partial charge in [-0.1, -0.05) is 59.6 Å². The lowest BCUT2D eigenvalue weighted by atomic mass is 9.96. The van der Waals surface area contributed by atoms with Crippen molar-refractivity contribution in [3.8, 4) is 5.75 Å². The Labute approximate surface area is 192 Å². The van der Waals surface area contributed by atoms with Gasteiger partial charge in [0.25, 0.3) is 0 Å². The predicted octanol–water partition coefficient (Wildman–Crippen LogP) is 3.33. The van der Waals surface area contributed by atoms with Crippen LogP contribution in [0.4, 0.5) is 0 Å². The van der Waals surface area contributed by atoms with Crippen LogP contribution in [0.1, 0.15) is 18.4 Å². The van der Waals surface area contributed by atoms with Crippen molar-refractivity contribution in [3.63, 3.8) is 0 Å². The van der Waals surface area contributed by atoms with Crippen molar-refractivity contribution in [1.29, 1.82) is 0 Å². The minimum Gasteiger partial charge on any atom is -0.489 e. The second kappa shape index (κ2) is 11.4. The second-order valence-corrected chi connectivity index (χ2v) is 8.39. The summed E-state index contributed by atoms with van der Waals surface area (Å²) in [5.74, 6) is -0.0593. The lowest BCUT2D eigenvalue weighted by Crippen LogP contribution is -2.47. The number of amides is 2. The smallest absolute Gasteiger partial charge is 0.227 e. The van der Waals surface area contributed by atoms with Crippen molar-refractivity contribution in [1.82, 2.24) is 10.2 Å². The maximum absolute atomic E-state index is 12.6. The van der Waals surface area contributed by atoms with E-state index in [0.29, 0.717) is 36.7 Å². The summed E-state index contributed by atoms with van der Waals surface area (Å²) in [5, 5.41) is 13.5. The number of hydrogen-bond donors (Lipinski definition) is 2. The number of benzene rings is 2. The number of rotatable bonds is 8. The van der Waals surface area contributed by atoms with E-state index in [4.69, 9.17) is 27.9 Å². The first kappa shape index (κ1) is 23.4. The van der Waals surface area contributed by atoms with Gasteiger partial charge in [0.05, 0.1) is 17.4 Å². The molecule has 0 saturated carbocycles. The highest BCUT2D eigenvalue weighted by Gasteiger charge is 2.28. The van der Waals surface area contributed by atoms with Crippen molar-refractivity contribution in [2.24, 2.45) is 5.92 Å². The van der Waals surface area contributed by atoms with Crippen LogP contribution in [0.15, 0.2) is 48.5 Å². The van der Waals surface area contributed by atoms with Gasteiger partial charge in [-0.2, -0.15) is 0 Å². The first-order chi connectivity index (χ1) is 14.9. The number of carbonyl (C=O) groups excluding carboxylic acids is 2. The normalized spacial score (nSPS) is 17.1. The number of carbonyl (C=O) groups is 2. The molecule has 2 unspecified atom stereocenters. The summed E-state index contributed by atoms with van der Waals surface area (Å²) < 4.78 is 5.49. The molecular formula is C23H26Cl2N2O4. The van der Waals surface area contributed by atoms with E-state index in [1.165, 1.54) is 0 Å². The zero-order valence-corrected chi connectivity index (χ0v) is 18.6. The van der Waals surface area contributed by atoms with E-state index >= 15 is 0 Å². The first-order valence-corrected chi connectivity index (χ1v) is 11.0. The zero-order valence-electron chi connectivity index (χ0n) is 17.1. The van der Waals surface area contributed by atoms with E-state index < -0.39 is 6.10 Å². The Morgan fingerprint density at radius 3 is 2.71 bits per heavy atom. The van der Waals surface area contributed by atoms with Gasteiger partial charge in [0, 0.05) is 19.6 Å². The van der Waals surface area contributed by atoms with Gasteiger partial charge >= 0.3 is 0 Å². The number of aliphatic hydroxyl groups is 1. The summed E-state index contributed by atoms with van der Waals surface area (Å²) in [4.78, 5) is 26.9. The number of nitrogens with one attached hydrogen (secondary N) is 1. The lowest BCUT2D eigenvalue weighted by molar-refractivity contribution is -0.135. The molecule has 0 aromatic heterocycles. The Morgan fingerprint density at radius 1 is 1.16 bits per heavy atom. The third-order valence-electron chi connectivity index (χ3n) is 5.20. The van der Waals surface area contributed by atoms with Gasteiger partial charge in [0.1, 0.15) is 23.5 Å². The first-order valence-electron chi connectivity index (χ1n) is 10.3. The highest BCUT2D eigenvalue weighted by atomic mass is 35.5. The third-order valence-corrected chi connectivity index (χ3v) is 6.00. The number of piperidine rings is 1. The van der Waals surface area contributed by atoms with E-state index in [1.54, 1.807) is 23.1 Å². The molecule has 2 aromatic rings. The van der Waals surface area contributed by atoms with Crippen molar-refractivity contribution in [2.75, 3.05) is 26.2 Å². The summed E-state index contributed by atoms with van der Waals surface area (Å²) in [6, 6.07) is 14.6. The molecule has 1 heterocycles. The van der Waals surface area contributed by atoms with Crippen molar-refractivity contribution >= 4 is 35.0 Å². The van der Waals surface area contributed by atoms with Crippen LogP contribution in [0.5, 0.6) is 5.75 Å². The molecular weight excluding hydrogens is 439 g/mol. The monoisotopic (exact) mass is 464 g/mol. The maximum atomic E-state index is 12.6. The van der Waals surface area contributed by atoms with Crippen molar-refractivity contribution < 1.29 is 19.4 Å². The molecule has 6 nitrogen and oxygen atoms in total. The molecule has 2 amide bonds. The van der Waals surface area contributed by atoms with Crippen LogP contribution in [0.2, 0.25) is 10.0 Å². The Morgan fingerprint density at radius 2 is 1.94 bits per heavy atom. The van der Waals surface area contributed by atoms with Gasteiger partial charge in [-0.25, -0.2) is 0 Å². The zero-order chi connectivity index (χ0) is 22.2. The molecule has 3 rings (SSSR count). The largest absolute Gasteiger partial charge is 0.489 e. The predicted molar refractivity (Wildman–Crippen MR) is 120 cm³/mol. The minimum atomic E-state index is -0.904. The quantitative estimate of drug-likeness (QED) is 0.627. The number of likely N-dealkylation sites (tertiary alicyclic amines) is 1. The van der Waals surface area contributed by atoms with Crippen molar-refractivity contribution in [3.05, 3.63) is 64.1 Å². The topological polar surface area (TPSA) is 78.9 Å². The average molecular weight is 465 g/mol. The van der Waals surface area contributed by atoms with Gasteiger partial charge in [0.2, 0.25) is 11.8 Å². The second-order valence-electron chi connectivity index (χ2n) is 7.60. The van der Waals surface area contributed by atoms with Crippen LogP contribution in [-0.2, 0) is 16.0 Å². The number of halogens is 2. The summed E-state index contributed by atoms with van der Waals surface area (Å²) in [6.45, 7) is 1.06. The molecule has 0 spiro atoms. The van der Waals surface area contributed by atoms with Gasteiger partial charge < -0.3 is 20.1 Å². The van der Waals surface area contributed by atoms with Crippen LogP contribution in [0.3, 0.4) is 0 Å². The molecule has 2 aromatic carbocycles. The van der Waals surface area contributed by atoms with E-state index in [2.05, 4.69) is 5.32 Å². The molecule has 8 heteroatoms. The summed E-state index contributed by atoms with van der Waals surface area (Å²) >= 11 is 12.0. The lowest BCUT2D eigenvalue weighted by Gasteiger charge is -2.32. The highest BCUT2D eigenvalue weighted by Crippen LogP contribution is 2.31. The third kappa shape index (κ3) is 6.86. The molecule has 1 saturated heterocycles. The van der Waals surface area contributed by atoms with E-state index in [1.807, 2.05) is 30.3 Å². The molecule has 0 radical (unpaired) electrons. The average Bonchev–Trinajstić information content (AvgIpc) is 2.79. The molecule has 166 valence electrons. The summed E-state index contributed by atoms with van der Waals surface area (Å²) in [7, 11) is 0. The molecule has 2 N–H and O–H groups in total. The van der Waals surface area contributed by atoms with Crippen molar-refractivity contribution in [2.45, 2.75) is 25.4 Å². The van der Waals surface area contributed by atoms with Gasteiger partial charge in [-0.3, -0.25) is 9.59 Å². The maximum Gasteiger partial charge on any atom is 0.227 e. The highest BCUT2D eigenvalue weighted by molar-refractivity contribution is 6.42. The number of ether oxygens (including phenoxy) is 1. The van der Waals surface area contributed by atoms with Gasteiger partial charge in [-0.05, 0) is 30.5 Å². The van der Waals surface area contributed by atoms with Crippen LogP contribution >= 0.6 is 23.2 Å². The Bertz CT molecular complexity index is 894. The number of hydrogen-bond acceptors (Lipinski definition) is 4. The van der Waals surface area contributed by atoms with E-state index in [0.717, 1.165) is 12.0 Å². The number of nitrogens with zero attached hydrogens (tertiary/aromatic N) is 1. The van der Waals surface area contributed by atoms with Crippen LogP contribution in [-0.4, -0.2) is 54.2 Å². The SMILES string of the molecule is O=C(NCC(O)COc1cccc(Cl)c1Cl)C1CCCN(C(=O)Cc2ccccc2)C1. The molecule has 1 aliphatic heterocycles. The Balaban J connectivity index is 1.43.